The molecular formula is C16H16FNO. The van der Waals surface area contributed by atoms with Crippen molar-refractivity contribution in [2.75, 3.05) is 11.9 Å². The van der Waals surface area contributed by atoms with Crippen LogP contribution in [-0.4, -0.2) is 6.61 Å². The Labute approximate surface area is 112 Å². The molecule has 98 valence electrons. The van der Waals surface area contributed by atoms with E-state index in [1.807, 2.05) is 12.1 Å². The Morgan fingerprint density at radius 2 is 2.11 bits per heavy atom. The molecule has 0 aliphatic carbocycles. The zero-order chi connectivity index (χ0) is 13.2. The highest BCUT2D eigenvalue weighted by molar-refractivity contribution is 5.47. The summed E-state index contributed by atoms with van der Waals surface area (Å²) in [5, 5.41) is 3.31. The van der Waals surface area contributed by atoms with E-state index in [4.69, 9.17) is 4.74 Å². The highest BCUT2D eigenvalue weighted by Crippen LogP contribution is 2.26. The summed E-state index contributed by atoms with van der Waals surface area (Å²) in [6.45, 7) is 3.29. The topological polar surface area (TPSA) is 21.3 Å². The van der Waals surface area contributed by atoms with Gasteiger partial charge in [0.15, 0.2) is 0 Å². The maximum Gasteiger partial charge on any atom is 0.126 e. The summed E-state index contributed by atoms with van der Waals surface area (Å²) in [6, 6.07) is 11.3. The van der Waals surface area contributed by atoms with Gasteiger partial charge < -0.3 is 10.1 Å². The summed E-state index contributed by atoms with van der Waals surface area (Å²) in [6.07, 6.45) is 0.985. The second-order valence-corrected chi connectivity index (χ2v) is 4.86. The fourth-order valence-corrected chi connectivity index (χ4v) is 2.31. The Kier molecular flexibility index (Phi) is 3.11. The van der Waals surface area contributed by atoms with E-state index in [2.05, 4.69) is 17.4 Å². The third-order valence-corrected chi connectivity index (χ3v) is 3.41. The minimum Gasteiger partial charge on any atom is -0.493 e. The van der Waals surface area contributed by atoms with Crippen molar-refractivity contribution in [2.24, 2.45) is 0 Å². The largest absolute Gasteiger partial charge is 0.493 e. The molecule has 3 rings (SSSR count). The van der Waals surface area contributed by atoms with Gasteiger partial charge in [0.1, 0.15) is 11.6 Å². The van der Waals surface area contributed by atoms with Crippen LogP contribution in [-0.2, 0) is 13.0 Å². The molecule has 1 aliphatic heterocycles. The molecule has 3 heteroatoms. The van der Waals surface area contributed by atoms with E-state index in [1.165, 1.54) is 17.2 Å². The molecule has 2 nitrogen and oxygen atoms in total. The second kappa shape index (κ2) is 4.92. The van der Waals surface area contributed by atoms with Crippen molar-refractivity contribution in [3.63, 3.8) is 0 Å². The van der Waals surface area contributed by atoms with Gasteiger partial charge in [-0.25, -0.2) is 4.39 Å². The second-order valence-electron chi connectivity index (χ2n) is 4.86. The predicted octanol–water partition coefficient (Wildman–Crippen LogP) is 3.68. The standard InChI is InChI=1S/C16H16FNO/c1-11-8-14(3-4-15(11)17)18-10-12-2-5-16-13(9-12)6-7-19-16/h2-5,8-9,18H,6-7,10H2,1H3. The lowest BCUT2D eigenvalue weighted by Gasteiger charge is -2.09. The first-order chi connectivity index (χ1) is 9.22. The Balaban J connectivity index is 1.70. The van der Waals surface area contributed by atoms with Gasteiger partial charge in [-0.1, -0.05) is 12.1 Å². The number of ether oxygens (including phenoxy) is 1. The first-order valence-electron chi connectivity index (χ1n) is 6.47. The van der Waals surface area contributed by atoms with Gasteiger partial charge in [0.2, 0.25) is 0 Å². The molecule has 0 bridgehead atoms. The molecule has 1 heterocycles. The van der Waals surface area contributed by atoms with Crippen LogP contribution in [0.5, 0.6) is 5.75 Å². The van der Waals surface area contributed by atoms with Gasteiger partial charge >= 0.3 is 0 Å². The number of benzene rings is 2. The molecule has 1 N–H and O–H groups in total. The van der Waals surface area contributed by atoms with Crippen molar-refractivity contribution in [1.82, 2.24) is 0 Å². The van der Waals surface area contributed by atoms with Crippen LogP contribution in [0.3, 0.4) is 0 Å². The Morgan fingerprint density at radius 1 is 1.21 bits per heavy atom. The van der Waals surface area contributed by atoms with Crippen LogP contribution in [0, 0.1) is 12.7 Å². The number of fused-ring (bicyclic) bond motifs is 1. The van der Waals surface area contributed by atoms with Crippen LogP contribution in [0.15, 0.2) is 36.4 Å². The van der Waals surface area contributed by atoms with E-state index in [1.54, 1.807) is 13.0 Å². The molecule has 0 fully saturated rings. The molecule has 2 aromatic rings. The maximum absolute atomic E-state index is 13.2. The summed E-state index contributed by atoms with van der Waals surface area (Å²) >= 11 is 0. The first-order valence-corrected chi connectivity index (χ1v) is 6.47. The molecule has 0 saturated heterocycles. The number of rotatable bonds is 3. The van der Waals surface area contributed by atoms with Crippen LogP contribution >= 0.6 is 0 Å². The molecule has 0 spiro atoms. The van der Waals surface area contributed by atoms with Crippen molar-refractivity contribution in [3.8, 4) is 5.75 Å². The number of anilines is 1. The Morgan fingerprint density at radius 3 is 2.95 bits per heavy atom. The Bertz CT molecular complexity index is 610. The first kappa shape index (κ1) is 12.0. The number of nitrogens with one attached hydrogen (secondary N) is 1. The summed E-state index contributed by atoms with van der Waals surface area (Å²) in [5.74, 6) is 0.835. The lowest BCUT2D eigenvalue weighted by Crippen LogP contribution is -2.00. The lowest BCUT2D eigenvalue weighted by molar-refractivity contribution is 0.357. The fraction of sp³-hybridized carbons (Fsp3) is 0.250. The number of hydrogen-bond acceptors (Lipinski definition) is 2. The molecule has 0 unspecified atom stereocenters. The van der Waals surface area contributed by atoms with Gasteiger partial charge in [0.05, 0.1) is 6.61 Å². The average Bonchev–Trinajstić information content (AvgIpc) is 2.87. The van der Waals surface area contributed by atoms with Crippen molar-refractivity contribution in [1.29, 1.82) is 0 Å². The minimum atomic E-state index is -0.166. The van der Waals surface area contributed by atoms with Gasteiger partial charge in [0, 0.05) is 18.7 Å². The average molecular weight is 257 g/mol. The molecule has 0 atom stereocenters. The molecule has 0 saturated carbocycles. The summed E-state index contributed by atoms with van der Waals surface area (Å²) in [4.78, 5) is 0. The summed E-state index contributed by atoms with van der Waals surface area (Å²) in [7, 11) is 0. The van der Waals surface area contributed by atoms with Gasteiger partial charge in [0.25, 0.3) is 0 Å². The van der Waals surface area contributed by atoms with Gasteiger partial charge in [-0.2, -0.15) is 0 Å². The molecule has 1 aliphatic rings. The molecule has 0 amide bonds. The van der Waals surface area contributed by atoms with Crippen molar-refractivity contribution in [3.05, 3.63) is 58.9 Å². The highest BCUT2D eigenvalue weighted by atomic mass is 19.1. The number of halogens is 1. The van der Waals surface area contributed by atoms with Gasteiger partial charge in [-0.3, -0.25) is 0 Å². The predicted molar refractivity (Wildman–Crippen MR) is 74.1 cm³/mol. The number of hydrogen-bond donors (Lipinski definition) is 1. The molecular weight excluding hydrogens is 241 g/mol. The highest BCUT2D eigenvalue weighted by Gasteiger charge is 2.11. The summed E-state index contributed by atoms with van der Waals surface area (Å²) < 4.78 is 18.7. The minimum absolute atomic E-state index is 0.166. The zero-order valence-electron chi connectivity index (χ0n) is 10.9. The third-order valence-electron chi connectivity index (χ3n) is 3.41. The van der Waals surface area contributed by atoms with Crippen molar-refractivity contribution in [2.45, 2.75) is 19.9 Å². The van der Waals surface area contributed by atoms with Gasteiger partial charge in [-0.05, 0) is 47.9 Å². The van der Waals surface area contributed by atoms with Crippen LogP contribution < -0.4 is 10.1 Å². The number of aryl methyl sites for hydroxylation is 1. The maximum atomic E-state index is 13.2. The molecule has 0 aromatic heterocycles. The van der Waals surface area contributed by atoms with Crippen LogP contribution in [0.2, 0.25) is 0 Å². The monoisotopic (exact) mass is 257 g/mol. The van der Waals surface area contributed by atoms with E-state index in [-0.39, 0.29) is 5.82 Å². The smallest absolute Gasteiger partial charge is 0.126 e. The van der Waals surface area contributed by atoms with E-state index in [0.717, 1.165) is 31.0 Å². The van der Waals surface area contributed by atoms with Crippen molar-refractivity contribution >= 4 is 5.69 Å². The van der Waals surface area contributed by atoms with Crippen molar-refractivity contribution < 1.29 is 9.13 Å². The Hall–Kier alpha value is -2.03. The molecule has 2 aromatic carbocycles. The zero-order valence-corrected chi connectivity index (χ0v) is 10.9. The van der Waals surface area contributed by atoms with Crippen LogP contribution in [0.25, 0.3) is 0 Å². The third kappa shape index (κ3) is 2.55. The SMILES string of the molecule is Cc1cc(NCc2ccc3c(c2)CCO3)ccc1F. The van der Waals surface area contributed by atoms with Gasteiger partial charge in [-0.15, -0.1) is 0 Å². The van der Waals surface area contributed by atoms with E-state index < -0.39 is 0 Å². The normalized spacial score (nSPS) is 12.9. The molecule has 0 radical (unpaired) electrons. The van der Waals surface area contributed by atoms with Crippen LogP contribution in [0.1, 0.15) is 16.7 Å². The quantitative estimate of drug-likeness (QED) is 0.905. The lowest BCUT2D eigenvalue weighted by atomic mass is 10.1. The van der Waals surface area contributed by atoms with E-state index >= 15 is 0 Å². The molecule has 19 heavy (non-hydrogen) atoms. The van der Waals surface area contributed by atoms with E-state index in [0.29, 0.717) is 5.56 Å². The fourth-order valence-electron chi connectivity index (χ4n) is 2.31. The van der Waals surface area contributed by atoms with E-state index in [9.17, 15) is 4.39 Å². The van der Waals surface area contributed by atoms with Crippen LogP contribution in [0.4, 0.5) is 10.1 Å². The summed E-state index contributed by atoms with van der Waals surface area (Å²) in [5.41, 5.74) is 4.09.